The first kappa shape index (κ1) is 34.1. The molecule has 2 aliphatic heterocycles. The number of piperidine rings is 1. The van der Waals surface area contributed by atoms with Crippen LogP contribution in [0.25, 0.3) is 11.3 Å². The number of nitrogens with one attached hydrogen (secondary N) is 1. The average Bonchev–Trinajstić information content (AvgIpc) is 3.48. The zero-order valence-corrected chi connectivity index (χ0v) is 24.9. The van der Waals surface area contributed by atoms with Gasteiger partial charge in [0.1, 0.15) is 42.1 Å². The van der Waals surface area contributed by atoms with Crippen LogP contribution in [-0.2, 0) is 20.4 Å². The van der Waals surface area contributed by atoms with E-state index in [4.69, 9.17) is 9.47 Å². The van der Waals surface area contributed by atoms with Crippen molar-refractivity contribution >= 4 is 17.7 Å². The topological polar surface area (TPSA) is 139 Å². The molecule has 0 aliphatic carbocycles. The highest BCUT2D eigenvalue weighted by molar-refractivity contribution is 8.00. The molecule has 4 N–H and O–H groups in total. The summed E-state index contributed by atoms with van der Waals surface area (Å²) in [7, 11) is 0. The number of hydrogen-bond acceptors (Lipinski definition) is 10. The molecule has 0 unspecified atom stereocenters. The van der Waals surface area contributed by atoms with Crippen LogP contribution >= 0.6 is 11.8 Å². The average molecular weight is 677 g/mol. The first-order valence-corrected chi connectivity index (χ1v) is 15.1. The summed E-state index contributed by atoms with van der Waals surface area (Å²) in [6.45, 7) is 1.19. The van der Waals surface area contributed by atoms with Crippen LogP contribution in [0.4, 0.5) is 26.3 Å². The van der Waals surface area contributed by atoms with Crippen LogP contribution in [0.5, 0.6) is 0 Å². The van der Waals surface area contributed by atoms with Crippen molar-refractivity contribution < 1.29 is 55.9 Å². The van der Waals surface area contributed by atoms with E-state index in [-0.39, 0.29) is 29.7 Å². The van der Waals surface area contributed by atoms with E-state index < -0.39 is 82.4 Å². The maximum absolute atomic E-state index is 14.2. The van der Waals surface area contributed by atoms with Crippen LogP contribution in [0.2, 0.25) is 0 Å². The van der Waals surface area contributed by atoms with Gasteiger partial charge in [0.05, 0.1) is 22.6 Å². The molecule has 10 nitrogen and oxygen atoms in total. The number of halogens is 6. The Hall–Kier alpha value is -3.22. The molecule has 6 atom stereocenters. The molecule has 0 amide bonds. The lowest BCUT2D eigenvalue weighted by atomic mass is 9.84. The van der Waals surface area contributed by atoms with Crippen LogP contribution in [-0.4, -0.2) is 85.3 Å². The molecule has 0 radical (unpaired) electrons. The van der Waals surface area contributed by atoms with Gasteiger partial charge < -0.3 is 30.1 Å². The van der Waals surface area contributed by atoms with Gasteiger partial charge in [0.25, 0.3) is 0 Å². The Kier molecular flexibility index (Phi) is 10.0. The number of nitrogens with zero attached hydrogens (tertiary/aromatic N) is 3. The molecule has 2 saturated heterocycles. The fourth-order valence-electron chi connectivity index (χ4n) is 5.67. The predicted octanol–water partition coefficient (Wildman–Crippen LogP) is 3.52. The number of thioether (sulfide) groups is 1. The summed E-state index contributed by atoms with van der Waals surface area (Å²) in [5.41, 5.74) is -4.73. The van der Waals surface area contributed by atoms with Gasteiger partial charge in [0.15, 0.2) is 17.5 Å². The molecule has 2 fully saturated rings. The summed E-state index contributed by atoms with van der Waals surface area (Å²) in [4.78, 5) is 11.6. The molecule has 0 saturated carbocycles. The van der Waals surface area contributed by atoms with Gasteiger partial charge in [-0.25, -0.2) is 17.9 Å². The van der Waals surface area contributed by atoms with Crippen molar-refractivity contribution in [2.45, 2.75) is 66.6 Å². The molecule has 3 heterocycles. The highest BCUT2D eigenvalue weighted by Crippen LogP contribution is 2.51. The summed E-state index contributed by atoms with van der Waals surface area (Å²) in [6, 6.07) is 4.65. The lowest BCUT2D eigenvalue weighted by Gasteiger charge is -2.46. The van der Waals surface area contributed by atoms with Crippen molar-refractivity contribution in [1.82, 2.24) is 20.3 Å². The standard InChI is InChI=1S/C29H30F6N4O6S/c1-14(40)44-13-21-24(41)23(39-12-20(37-38-39)15-10-18(30)22(32)19(31)11-15)25(42)27(45-21)46-26(28(43)6-8-36-9-7-28)16-4-2-3-5-17(16)29(33,34)35/h2-5,10-12,21,23-27,36,41-43H,6-9,13H2,1H3/t21-,23+,24+,25-,26+,27+/m1/s1. The van der Waals surface area contributed by atoms with Crippen LogP contribution in [0.1, 0.15) is 42.2 Å². The van der Waals surface area contributed by atoms with E-state index in [1.54, 1.807) is 0 Å². The van der Waals surface area contributed by atoms with Gasteiger partial charge in [-0.2, -0.15) is 13.2 Å². The number of carbonyl (C=O) groups excluding carboxylic acids is 1. The normalized spacial score (nSPS) is 25.7. The van der Waals surface area contributed by atoms with Crippen LogP contribution in [0.15, 0.2) is 42.6 Å². The van der Waals surface area contributed by atoms with Crippen LogP contribution in [0.3, 0.4) is 0 Å². The van der Waals surface area contributed by atoms with Gasteiger partial charge in [-0.15, -0.1) is 16.9 Å². The van der Waals surface area contributed by atoms with Crippen LogP contribution in [0, 0.1) is 17.5 Å². The summed E-state index contributed by atoms with van der Waals surface area (Å²) < 4.78 is 95.9. The fraction of sp³-hybridized carbons (Fsp3) is 0.483. The smallest absolute Gasteiger partial charge is 0.416 e. The van der Waals surface area contributed by atoms with Gasteiger partial charge >= 0.3 is 12.1 Å². The molecular formula is C29H30F6N4O6S. The zero-order valence-electron chi connectivity index (χ0n) is 24.1. The summed E-state index contributed by atoms with van der Waals surface area (Å²) in [6.07, 6.45) is -8.24. The molecule has 5 rings (SSSR count). The number of aliphatic hydroxyl groups excluding tert-OH is 2. The lowest BCUT2D eigenvalue weighted by Crippen LogP contribution is -2.56. The van der Waals surface area contributed by atoms with E-state index in [9.17, 15) is 46.5 Å². The van der Waals surface area contributed by atoms with Crippen molar-refractivity contribution in [2.24, 2.45) is 0 Å². The Balaban J connectivity index is 1.54. The minimum atomic E-state index is -4.78. The number of ether oxygens (including phenoxy) is 2. The van der Waals surface area contributed by atoms with Gasteiger partial charge in [0, 0.05) is 12.5 Å². The van der Waals surface area contributed by atoms with E-state index in [0.717, 1.165) is 23.9 Å². The van der Waals surface area contributed by atoms with Crippen molar-refractivity contribution in [2.75, 3.05) is 19.7 Å². The van der Waals surface area contributed by atoms with E-state index in [2.05, 4.69) is 15.6 Å². The van der Waals surface area contributed by atoms with Crippen molar-refractivity contribution in [3.63, 3.8) is 0 Å². The number of benzene rings is 2. The predicted molar refractivity (Wildman–Crippen MR) is 151 cm³/mol. The SMILES string of the molecule is CC(=O)OC[C@H]1O[C@@H](S[C@@H](c2ccccc2C(F)(F)F)C2(O)CCNCC2)[C@H](O)[C@@H](n2cc(-c3cc(F)c(F)c(F)c3)nn2)[C@H]1O. The Morgan fingerprint density at radius 2 is 1.80 bits per heavy atom. The Bertz CT molecular complexity index is 1530. The molecule has 0 spiro atoms. The molecule has 1 aromatic heterocycles. The van der Waals surface area contributed by atoms with E-state index in [1.807, 2.05) is 0 Å². The first-order valence-electron chi connectivity index (χ1n) is 14.2. The van der Waals surface area contributed by atoms with Crippen molar-refractivity contribution in [1.29, 1.82) is 0 Å². The Morgan fingerprint density at radius 1 is 1.15 bits per heavy atom. The lowest BCUT2D eigenvalue weighted by molar-refractivity contribution is -0.187. The van der Waals surface area contributed by atoms with E-state index in [0.29, 0.717) is 37.0 Å². The number of aromatic nitrogens is 3. The Labute approximate surface area is 262 Å². The molecular weight excluding hydrogens is 646 g/mol. The molecule has 2 aliphatic rings. The fourth-order valence-corrected chi connectivity index (χ4v) is 7.30. The number of aliphatic hydroxyl groups is 3. The highest BCUT2D eigenvalue weighted by Gasteiger charge is 2.51. The molecule has 0 bridgehead atoms. The summed E-state index contributed by atoms with van der Waals surface area (Å²) >= 11 is 0.706. The van der Waals surface area contributed by atoms with Gasteiger partial charge in [-0.3, -0.25) is 4.79 Å². The third-order valence-corrected chi connectivity index (χ3v) is 9.61. The van der Waals surface area contributed by atoms with Crippen LogP contribution < -0.4 is 5.32 Å². The number of hydrogen-bond donors (Lipinski definition) is 4. The maximum atomic E-state index is 14.2. The third-order valence-electron chi connectivity index (χ3n) is 7.99. The number of esters is 1. The van der Waals surface area contributed by atoms with E-state index >= 15 is 0 Å². The monoisotopic (exact) mass is 676 g/mol. The molecule has 3 aromatic rings. The van der Waals surface area contributed by atoms with Crippen molar-refractivity contribution in [3.8, 4) is 11.3 Å². The minimum Gasteiger partial charge on any atom is -0.463 e. The van der Waals surface area contributed by atoms with E-state index in [1.165, 1.54) is 18.2 Å². The maximum Gasteiger partial charge on any atom is 0.416 e. The second kappa shape index (κ2) is 13.5. The Morgan fingerprint density at radius 3 is 2.43 bits per heavy atom. The molecule has 46 heavy (non-hydrogen) atoms. The molecule has 2 aromatic carbocycles. The minimum absolute atomic E-state index is 0.0693. The first-order chi connectivity index (χ1) is 21.7. The number of carbonyl (C=O) groups is 1. The van der Waals surface area contributed by atoms with Crippen molar-refractivity contribution in [3.05, 3.63) is 71.2 Å². The zero-order chi connectivity index (χ0) is 33.4. The number of alkyl halides is 3. The highest BCUT2D eigenvalue weighted by atomic mass is 32.2. The second-order valence-corrected chi connectivity index (χ2v) is 12.3. The summed E-state index contributed by atoms with van der Waals surface area (Å²) in [5.74, 6) is -5.41. The second-order valence-electron chi connectivity index (χ2n) is 11.1. The largest absolute Gasteiger partial charge is 0.463 e. The van der Waals surface area contributed by atoms with Gasteiger partial charge in [-0.05, 0) is 49.7 Å². The summed E-state index contributed by atoms with van der Waals surface area (Å²) in [5, 5.41) is 44.0. The quantitative estimate of drug-likeness (QED) is 0.159. The molecule has 250 valence electrons. The number of rotatable bonds is 8. The van der Waals surface area contributed by atoms with Gasteiger partial charge in [0.2, 0.25) is 0 Å². The third kappa shape index (κ3) is 7.03. The van der Waals surface area contributed by atoms with Gasteiger partial charge in [-0.1, -0.05) is 23.4 Å². The molecule has 17 heteroatoms.